The molecule has 2 heterocycles. The summed E-state index contributed by atoms with van der Waals surface area (Å²) < 4.78 is 5.38. The second kappa shape index (κ2) is 8.94. The first-order valence-corrected chi connectivity index (χ1v) is 10.1. The Morgan fingerprint density at radius 2 is 2.08 bits per heavy atom. The number of carbonyl (C=O) groups is 2. The van der Waals surface area contributed by atoms with E-state index in [0.29, 0.717) is 24.4 Å². The molecule has 3 rings (SSSR count). The standard InChI is InChI=1S/C20H24N2O3S/c1-2-3-4-11-21-19(24)15-7-9-16(10-8-15)20-22(18(23)14-26-20)13-17-6-5-12-25-17/h5-10,12,20H,2-4,11,13-14H2,1H3,(H,21,24). The number of unbranched alkanes of at least 4 members (excludes halogenated alkanes) is 2. The zero-order chi connectivity index (χ0) is 18.4. The fraction of sp³-hybridized carbons (Fsp3) is 0.400. The molecule has 2 amide bonds. The Hall–Kier alpha value is -2.21. The highest BCUT2D eigenvalue weighted by Crippen LogP contribution is 2.39. The molecule has 138 valence electrons. The van der Waals surface area contributed by atoms with Crippen LogP contribution in [0, 0.1) is 0 Å². The van der Waals surface area contributed by atoms with Crippen molar-refractivity contribution in [2.24, 2.45) is 0 Å². The molecule has 0 aliphatic carbocycles. The number of carbonyl (C=O) groups excluding carboxylic acids is 2. The van der Waals surface area contributed by atoms with Crippen LogP contribution in [0.3, 0.4) is 0 Å². The number of furan rings is 1. The monoisotopic (exact) mass is 372 g/mol. The van der Waals surface area contributed by atoms with Crippen LogP contribution in [0.4, 0.5) is 0 Å². The van der Waals surface area contributed by atoms with Gasteiger partial charge in [-0.25, -0.2) is 0 Å². The van der Waals surface area contributed by atoms with E-state index in [1.165, 1.54) is 0 Å². The molecule has 5 nitrogen and oxygen atoms in total. The first-order chi connectivity index (χ1) is 12.7. The lowest BCUT2D eigenvalue weighted by Gasteiger charge is -2.23. The van der Waals surface area contributed by atoms with Gasteiger partial charge in [0, 0.05) is 12.1 Å². The topological polar surface area (TPSA) is 62.6 Å². The third-order valence-electron chi connectivity index (χ3n) is 4.40. The van der Waals surface area contributed by atoms with Gasteiger partial charge in [0.2, 0.25) is 5.91 Å². The summed E-state index contributed by atoms with van der Waals surface area (Å²) in [5, 5.41) is 2.90. The Labute approximate surface area is 158 Å². The number of hydrogen-bond donors (Lipinski definition) is 1. The van der Waals surface area contributed by atoms with Crippen molar-refractivity contribution in [1.82, 2.24) is 10.2 Å². The summed E-state index contributed by atoms with van der Waals surface area (Å²) in [5.41, 5.74) is 1.67. The summed E-state index contributed by atoms with van der Waals surface area (Å²) in [6, 6.07) is 11.2. The molecule has 1 aromatic heterocycles. The smallest absolute Gasteiger partial charge is 0.251 e. The minimum Gasteiger partial charge on any atom is -0.467 e. The molecule has 1 aromatic carbocycles. The van der Waals surface area contributed by atoms with E-state index in [1.807, 2.05) is 41.3 Å². The van der Waals surface area contributed by atoms with Crippen molar-refractivity contribution >= 4 is 23.6 Å². The summed E-state index contributed by atoms with van der Waals surface area (Å²) in [7, 11) is 0. The van der Waals surface area contributed by atoms with E-state index < -0.39 is 0 Å². The van der Waals surface area contributed by atoms with E-state index in [-0.39, 0.29) is 17.2 Å². The molecular formula is C20H24N2O3S. The minimum atomic E-state index is -0.0470. The van der Waals surface area contributed by atoms with Gasteiger partial charge in [-0.2, -0.15) is 0 Å². The lowest BCUT2D eigenvalue weighted by molar-refractivity contribution is -0.128. The average Bonchev–Trinajstić information content (AvgIpc) is 3.30. The van der Waals surface area contributed by atoms with Crippen LogP contribution >= 0.6 is 11.8 Å². The second-order valence-corrected chi connectivity index (χ2v) is 7.42. The molecule has 0 spiro atoms. The molecule has 1 atom stereocenters. The minimum absolute atomic E-state index is 0.0461. The zero-order valence-corrected chi connectivity index (χ0v) is 15.8. The predicted octanol–water partition coefficient (Wildman–Crippen LogP) is 3.97. The summed E-state index contributed by atoms with van der Waals surface area (Å²) in [5.74, 6) is 1.30. The van der Waals surface area contributed by atoms with E-state index in [4.69, 9.17) is 4.42 Å². The van der Waals surface area contributed by atoms with E-state index in [2.05, 4.69) is 12.2 Å². The van der Waals surface area contributed by atoms with Crippen molar-refractivity contribution in [3.63, 3.8) is 0 Å². The molecule has 1 aliphatic rings. The van der Waals surface area contributed by atoms with Gasteiger partial charge in [0.1, 0.15) is 11.1 Å². The highest BCUT2D eigenvalue weighted by Gasteiger charge is 2.33. The molecule has 2 aromatic rings. The van der Waals surface area contributed by atoms with Crippen LogP contribution in [-0.2, 0) is 11.3 Å². The van der Waals surface area contributed by atoms with Gasteiger partial charge < -0.3 is 14.6 Å². The Balaban J connectivity index is 1.63. The Kier molecular flexibility index (Phi) is 6.39. The normalized spacial score (nSPS) is 16.9. The third-order valence-corrected chi connectivity index (χ3v) is 5.65. The number of amides is 2. The molecule has 0 radical (unpaired) electrons. The fourth-order valence-corrected chi connectivity index (χ4v) is 4.14. The van der Waals surface area contributed by atoms with E-state index in [9.17, 15) is 9.59 Å². The number of hydrogen-bond acceptors (Lipinski definition) is 4. The summed E-state index contributed by atoms with van der Waals surface area (Å²) >= 11 is 1.60. The average molecular weight is 372 g/mol. The Morgan fingerprint density at radius 1 is 1.27 bits per heavy atom. The number of benzene rings is 1. The van der Waals surface area contributed by atoms with Crippen molar-refractivity contribution in [3.05, 3.63) is 59.5 Å². The molecule has 0 saturated carbocycles. The van der Waals surface area contributed by atoms with Crippen molar-refractivity contribution in [2.45, 2.75) is 38.1 Å². The number of nitrogens with one attached hydrogen (secondary N) is 1. The third kappa shape index (κ3) is 4.49. The summed E-state index contributed by atoms with van der Waals surface area (Å²) in [6.45, 7) is 3.31. The second-order valence-electron chi connectivity index (χ2n) is 6.35. The molecule has 26 heavy (non-hydrogen) atoms. The van der Waals surface area contributed by atoms with Gasteiger partial charge in [0.15, 0.2) is 0 Å². The summed E-state index contributed by atoms with van der Waals surface area (Å²) in [6.07, 6.45) is 4.88. The quantitative estimate of drug-likeness (QED) is 0.712. The van der Waals surface area contributed by atoms with E-state index in [0.717, 1.165) is 30.6 Å². The van der Waals surface area contributed by atoms with Crippen LogP contribution in [0.1, 0.15) is 53.2 Å². The molecule has 6 heteroatoms. The summed E-state index contributed by atoms with van der Waals surface area (Å²) in [4.78, 5) is 26.2. The highest BCUT2D eigenvalue weighted by atomic mass is 32.2. The molecular weight excluding hydrogens is 348 g/mol. The van der Waals surface area contributed by atoms with Crippen molar-refractivity contribution in [2.75, 3.05) is 12.3 Å². The van der Waals surface area contributed by atoms with Gasteiger partial charge in [-0.05, 0) is 36.2 Å². The molecule has 1 aliphatic heterocycles. The molecule has 0 bridgehead atoms. The molecule has 1 unspecified atom stereocenters. The van der Waals surface area contributed by atoms with E-state index in [1.54, 1.807) is 18.0 Å². The van der Waals surface area contributed by atoms with Gasteiger partial charge in [0.25, 0.3) is 5.91 Å². The maximum absolute atomic E-state index is 12.2. The number of nitrogens with zero attached hydrogens (tertiary/aromatic N) is 1. The van der Waals surface area contributed by atoms with Gasteiger partial charge in [-0.15, -0.1) is 11.8 Å². The zero-order valence-electron chi connectivity index (χ0n) is 14.9. The number of rotatable bonds is 8. The van der Waals surface area contributed by atoms with Crippen LogP contribution in [0.15, 0.2) is 47.1 Å². The van der Waals surface area contributed by atoms with Crippen molar-refractivity contribution in [3.8, 4) is 0 Å². The van der Waals surface area contributed by atoms with Crippen LogP contribution in [0.25, 0.3) is 0 Å². The molecule has 1 fully saturated rings. The molecule has 1 saturated heterocycles. The lowest BCUT2D eigenvalue weighted by atomic mass is 10.1. The SMILES string of the molecule is CCCCCNC(=O)c1ccc(C2SCC(=O)N2Cc2ccco2)cc1. The first kappa shape index (κ1) is 18.6. The first-order valence-electron chi connectivity index (χ1n) is 9.00. The van der Waals surface area contributed by atoms with Crippen molar-refractivity contribution < 1.29 is 14.0 Å². The van der Waals surface area contributed by atoms with Gasteiger partial charge >= 0.3 is 0 Å². The highest BCUT2D eigenvalue weighted by molar-refractivity contribution is 8.00. The fourth-order valence-electron chi connectivity index (χ4n) is 2.95. The van der Waals surface area contributed by atoms with Gasteiger partial charge in [-0.3, -0.25) is 9.59 Å². The van der Waals surface area contributed by atoms with Crippen LogP contribution in [-0.4, -0.2) is 29.0 Å². The largest absolute Gasteiger partial charge is 0.467 e. The number of thioether (sulfide) groups is 1. The molecule has 1 N–H and O–H groups in total. The van der Waals surface area contributed by atoms with Crippen LogP contribution in [0.2, 0.25) is 0 Å². The van der Waals surface area contributed by atoms with Gasteiger partial charge in [-0.1, -0.05) is 31.9 Å². The van der Waals surface area contributed by atoms with Crippen LogP contribution in [0.5, 0.6) is 0 Å². The van der Waals surface area contributed by atoms with Crippen LogP contribution < -0.4 is 5.32 Å². The Morgan fingerprint density at radius 3 is 2.77 bits per heavy atom. The predicted molar refractivity (Wildman–Crippen MR) is 103 cm³/mol. The van der Waals surface area contributed by atoms with E-state index >= 15 is 0 Å². The van der Waals surface area contributed by atoms with Crippen molar-refractivity contribution in [1.29, 1.82) is 0 Å². The lowest BCUT2D eigenvalue weighted by Crippen LogP contribution is -2.27. The maximum atomic E-state index is 12.2. The Bertz CT molecular complexity index is 728. The van der Waals surface area contributed by atoms with Gasteiger partial charge in [0.05, 0.1) is 18.6 Å². The maximum Gasteiger partial charge on any atom is 0.251 e.